The number of carbonyl (C=O) groups is 2. The summed E-state index contributed by atoms with van der Waals surface area (Å²) in [4.78, 5) is 23.4. The molecule has 0 aromatic heterocycles. The summed E-state index contributed by atoms with van der Waals surface area (Å²) < 4.78 is 0. The minimum Gasteiger partial charge on any atom is -0.366 e. The topological polar surface area (TPSA) is 72.2 Å². The van der Waals surface area contributed by atoms with Gasteiger partial charge in [-0.15, -0.1) is 0 Å². The monoisotopic (exact) mass is 294 g/mol. The van der Waals surface area contributed by atoms with E-state index in [4.69, 9.17) is 5.73 Å². The van der Waals surface area contributed by atoms with Crippen LogP contribution in [0.4, 0.5) is 5.69 Å². The SMILES string of the molecule is Cc1ccc(C(=O)C=CNc2ccccc2C(N)=O)cc1C. The molecule has 0 bridgehead atoms. The van der Waals surface area contributed by atoms with E-state index in [9.17, 15) is 9.59 Å². The van der Waals surface area contributed by atoms with Crippen molar-refractivity contribution in [3.8, 4) is 0 Å². The molecule has 0 aliphatic rings. The normalized spacial score (nSPS) is 10.6. The number of hydrogen-bond acceptors (Lipinski definition) is 3. The number of ketones is 1. The summed E-state index contributed by atoms with van der Waals surface area (Å²) in [6.07, 6.45) is 2.95. The van der Waals surface area contributed by atoms with Crippen molar-refractivity contribution in [1.29, 1.82) is 0 Å². The van der Waals surface area contributed by atoms with Crippen LogP contribution in [0.15, 0.2) is 54.7 Å². The molecule has 0 radical (unpaired) electrons. The standard InChI is InChI=1S/C18H18N2O2/c1-12-7-8-14(11-13(12)2)17(21)9-10-20-16-6-4-3-5-15(16)18(19)22/h3-11,20H,1-2H3,(H2,19,22). The van der Waals surface area contributed by atoms with Crippen LogP contribution in [0.1, 0.15) is 31.8 Å². The molecule has 22 heavy (non-hydrogen) atoms. The van der Waals surface area contributed by atoms with Crippen LogP contribution in [0.2, 0.25) is 0 Å². The molecular weight excluding hydrogens is 276 g/mol. The summed E-state index contributed by atoms with van der Waals surface area (Å²) in [5.74, 6) is -0.621. The number of rotatable bonds is 5. The van der Waals surface area contributed by atoms with Crippen LogP contribution in [0, 0.1) is 13.8 Å². The van der Waals surface area contributed by atoms with Crippen LogP contribution < -0.4 is 11.1 Å². The van der Waals surface area contributed by atoms with E-state index in [1.165, 1.54) is 12.3 Å². The van der Waals surface area contributed by atoms with Gasteiger partial charge in [0.05, 0.1) is 11.3 Å². The molecule has 4 nitrogen and oxygen atoms in total. The number of carbonyl (C=O) groups excluding carboxylic acids is 2. The molecule has 2 aromatic carbocycles. The van der Waals surface area contributed by atoms with E-state index < -0.39 is 5.91 Å². The van der Waals surface area contributed by atoms with Gasteiger partial charge in [0.2, 0.25) is 0 Å². The van der Waals surface area contributed by atoms with Crippen LogP contribution >= 0.6 is 0 Å². The van der Waals surface area contributed by atoms with Gasteiger partial charge in [-0.2, -0.15) is 0 Å². The first-order valence-corrected chi connectivity index (χ1v) is 6.92. The van der Waals surface area contributed by atoms with Gasteiger partial charge in [0.15, 0.2) is 5.78 Å². The minimum absolute atomic E-state index is 0.104. The highest BCUT2D eigenvalue weighted by molar-refractivity contribution is 6.05. The van der Waals surface area contributed by atoms with Crippen LogP contribution in [0.25, 0.3) is 0 Å². The third-order valence-electron chi connectivity index (χ3n) is 3.46. The number of para-hydroxylation sites is 1. The second-order valence-electron chi connectivity index (χ2n) is 5.05. The Labute approximate surface area is 129 Å². The van der Waals surface area contributed by atoms with Gasteiger partial charge in [0.1, 0.15) is 0 Å². The fourth-order valence-electron chi connectivity index (χ4n) is 2.02. The zero-order chi connectivity index (χ0) is 16.1. The third-order valence-corrected chi connectivity index (χ3v) is 3.46. The fraction of sp³-hybridized carbons (Fsp3) is 0.111. The Bertz CT molecular complexity index is 749. The molecule has 1 amide bonds. The zero-order valence-corrected chi connectivity index (χ0v) is 12.6. The number of aryl methyl sites for hydroxylation is 2. The third kappa shape index (κ3) is 3.61. The number of amides is 1. The summed E-state index contributed by atoms with van der Waals surface area (Å²) in [5, 5.41) is 2.92. The first-order chi connectivity index (χ1) is 10.5. The van der Waals surface area contributed by atoms with Crippen molar-refractivity contribution >= 4 is 17.4 Å². The molecule has 2 rings (SSSR count). The summed E-state index contributed by atoms with van der Waals surface area (Å²) in [7, 11) is 0. The second-order valence-corrected chi connectivity index (χ2v) is 5.05. The van der Waals surface area contributed by atoms with Crippen molar-refractivity contribution in [1.82, 2.24) is 0 Å². The number of primary amides is 1. The molecule has 0 fully saturated rings. The molecule has 112 valence electrons. The average molecular weight is 294 g/mol. The highest BCUT2D eigenvalue weighted by atomic mass is 16.1. The first kappa shape index (κ1) is 15.5. The minimum atomic E-state index is -0.517. The number of anilines is 1. The van der Waals surface area contributed by atoms with Crippen molar-refractivity contribution in [2.24, 2.45) is 5.73 Å². The van der Waals surface area contributed by atoms with Gasteiger partial charge in [0.25, 0.3) is 5.91 Å². The predicted octanol–water partition coefficient (Wildman–Crippen LogP) is 3.21. The predicted molar refractivity (Wildman–Crippen MR) is 88.0 cm³/mol. The van der Waals surface area contributed by atoms with E-state index in [1.54, 1.807) is 30.3 Å². The van der Waals surface area contributed by atoms with Crippen LogP contribution in [0.5, 0.6) is 0 Å². The molecule has 0 aliphatic heterocycles. The van der Waals surface area contributed by atoms with Crippen LogP contribution in [0.3, 0.4) is 0 Å². The average Bonchev–Trinajstić information content (AvgIpc) is 2.50. The van der Waals surface area contributed by atoms with Gasteiger partial charge in [0, 0.05) is 17.8 Å². The van der Waals surface area contributed by atoms with E-state index in [2.05, 4.69) is 5.32 Å². The van der Waals surface area contributed by atoms with Crippen molar-refractivity contribution in [3.05, 3.63) is 77.0 Å². The number of allylic oxidation sites excluding steroid dienone is 1. The van der Waals surface area contributed by atoms with Gasteiger partial charge >= 0.3 is 0 Å². The zero-order valence-electron chi connectivity index (χ0n) is 12.6. The summed E-state index contributed by atoms with van der Waals surface area (Å²) >= 11 is 0. The lowest BCUT2D eigenvalue weighted by molar-refractivity contribution is 0.0999. The van der Waals surface area contributed by atoms with Gasteiger partial charge < -0.3 is 11.1 Å². The second kappa shape index (κ2) is 6.72. The largest absolute Gasteiger partial charge is 0.366 e. The van der Waals surface area contributed by atoms with E-state index in [0.29, 0.717) is 16.8 Å². The first-order valence-electron chi connectivity index (χ1n) is 6.92. The molecule has 4 heteroatoms. The molecule has 0 spiro atoms. The molecular formula is C18H18N2O2. The Morgan fingerprint density at radius 2 is 1.77 bits per heavy atom. The lowest BCUT2D eigenvalue weighted by Crippen LogP contribution is -2.13. The highest BCUT2D eigenvalue weighted by Gasteiger charge is 2.06. The Hall–Kier alpha value is -2.88. The Kier molecular flexibility index (Phi) is 4.73. The van der Waals surface area contributed by atoms with Crippen molar-refractivity contribution < 1.29 is 9.59 Å². The summed E-state index contributed by atoms with van der Waals surface area (Å²) in [5.41, 5.74) is 9.10. The van der Waals surface area contributed by atoms with Gasteiger partial charge in [-0.3, -0.25) is 9.59 Å². The lowest BCUT2D eigenvalue weighted by Gasteiger charge is -2.05. The maximum Gasteiger partial charge on any atom is 0.250 e. The Morgan fingerprint density at radius 1 is 1.05 bits per heavy atom. The smallest absolute Gasteiger partial charge is 0.250 e. The maximum absolute atomic E-state index is 12.1. The molecule has 0 atom stereocenters. The summed E-state index contributed by atoms with van der Waals surface area (Å²) in [6, 6.07) is 12.5. The van der Waals surface area contributed by atoms with E-state index >= 15 is 0 Å². The Balaban J connectivity index is 2.11. The molecule has 3 N–H and O–H groups in total. The quantitative estimate of drug-likeness (QED) is 0.657. The number of nitrogens with two attached hydrogens (primary N) is 1. The Morgan fingerprint density at radius 3 is 2.45 bits per heavy atom. The number of benzene rings is 2. The van der Waals surface area contributed by atoms with Gasteiger partial charge in [-0.25, -0.2) is 0 Å². The summed E-state index contributed by atoms with van der Waals surface area (Å²) in [6.45, 7) is 3.97. The number of nitrogens with one attached hydrogen (secondary N) is 1. The van der Waals surface area contributed by atoms with Crippen molar-refractivity contribution in [2.75, 3.05) is 5.32 Å². The van der Waals surface area contributed by atoms with Gasteiger partial charge in [-0.1, -0.05) is 24.3 Å². The van der Waals surface area contributed by atoms with Crippen molar-refractivity contribution in [3.63, 3.8) is 0 Å². The number of hydrogen-bond donors (Lipinski definition) is 2. The van der Waals surface area contributed by atoms with Crippen LogP contribution in [-0.4, -0.2) is 11.7 Å². The van der Waals surface area contributed by atoms with Gasteiger partial charge in [-0.05, 0) is 43.2 Å². The fourth-order valence-corrected chi connectivity index (χ4v) is 2.02. The molecule has 0 saturated carbocycles. The van der Waals surface area contributed by atoms with Crippen LogP contribution in [-0.2, 0) is 0 Å². The van der Waals surface area contributed by atoms with E-state index in [-0.39, 0.29) is 5.78 Å². The molecule has 2 aromatic rings. The van der Waals surface area contributed by atoms with Crippen molar-refractivity contribution in [2.45, 2.75) is 13.8 Å². The van der Waals surface area contributed by atoms with E-state index in [0.717, 1.165) is 11.1 Å². The molecule has 0 aliphatic carbocycles. The molecule has 0 unspecified atom stereocenters. The highest BCUT2D eigenvalue weighted by Crippen LogP contribution is 2.14. The molecule has 0 saturated heterocycles. The van der Waals surface area contributed by atoms with E-state index in [1.807, 2.05) is 26.0 Å². The lowest BCUT2D eigenvalue weighted by atomic mass is 10.0. The maximum atomic E-state index is 12.1. The molecule has 0 heterocycles.